The van der Waals surface area contributed by atoms with Gasteiger partial charge in [-0.1, -0.05) is 17.7 Å². The van der Waals surface area contributed by atoms with Crippen molar-refractivity contribution in [2.45, 2.75) is 19.4 Å². The summed E-state index contributed by atoms with van der Waals surface area (Å²) in [7, 11) is 1.79. The molecule has 1 fully saturated rings. The molecule has 2 amide bonds. The van der Waals surface area contributed by atoms with Crippen LogP contribution in [-0.4, -0.2) is 26.5 Å². The van der Waals surface area contributed by atoms with Crippen molar-refractivity contribution >= 4 is 23.4 Å². The Morgan fingerprint density at radius 2 is 2.17 bits per heavy atom. The average molecular weight is 336 g/mol. The third kappa shape index (κ3) is 3.12. The fourth-order valence-electron chi connectivity index (χ4n) is 2.78. The first-order valence-corrected chi connectivity index (χ1v) is 7.58. The van der Waals surface area contributed by atoms with E-state index in [0.29, 0.717) is 6.42 Å². The average Bonchev–Trinajstić information content (AvgIpc) is 3.01. The zero-order valence-corrected chi connectivity index (χ0v) is 13.3. The lowest BCUT2D eigenvalue weighted by Crippen LogP contribution is -2.31. The lowest BCUT2D eigenvalue weighted by atomic mass is 10.0. The number of rotatable bonds is 4. The van der Waals surface area contributed by atoms with Crippen LogP contribution in [0.2, 0.25) is 5.02 Å². The topological polar surface area (TPSA) is 55.2 Å². The Hall–Kier alpha value is -2.21. The van der Waals surface area contributed by atoms with E-state index in [1.54, 1.807) is 17.9 Å². The minimum atomic E-state index is -0.520. The van der Waals surface area contributed by atoms with E-state index in [4.69, 9.17) is 11.6 Å². The molecule has 1 saturated heterocycles. The molecule has 1 aromatic heterocycles. The molecule has 1 aromatic carbocycles. The molecule has 3 rings (SSSR count). The third-order valence-electron chi connectivity index (χ3n) is 3.96. The highest BCUT2D eigenvalue weighted by Gasteiger charge is 2.39. The van der Waals surface area contributed by atoms with E-state index in [0.717, 1.165) is 10.5 Å². The maximum atomic E-state index is 13.9. The first kappa shape index (κ1) is 15.7. The Labute approximate surface area is 137 Å². The molecule has 0 aliphatic carbocycles. The molecule has 2 heterocycles. The number of carbonyl (C=O) groups excluding carboxylic acids is 2. The molecular formula is C16H15ClFN3O2. The molecule has 2 aromatic rings. The van der Waals surface area contributed by atoms with Crippen molar-refractivity contribution < 1.29 is 14.0 Å². The predicted octanol–water partition coefficient (Wildman–Crippen LogP) is 2.33. The third-order valence-corrected chi connectivity index (χ3v) is 4.31. The highest BCUT2D eigenvalue weighted by Crippen LogP contribution is 2.28. The Bertz CT molecular complexity index is 754. The minimum absolute atomic E-state index is 0.125. The number of imide groups is 1. The van der Waals surface area contributed by atoms with E-state index in [1.165, 1.54) is 18.2 Å². The summed E-state index contributed by atoms with van der Waals surface area (Å²) in [5.74, 6) is -1.55. The second kappa shape index (κ2) is 6.12. The molecule has 0 N–H and O–H groups in total. The number of aryl methyl sites for hydroxylation is 1. The maximum absolute atomic E-state index is 13.9. The van der Waals surface area contributed by atoms with Gasteiger partial charge in [0.25, 0.3) is 0 Å². The van der Waals surface area contributed by atoms with Gasteiger partial charge in [0.1, 0.15) is 5.82 Å². The number of hydrogen-bond acceptors (Lipinski definition) is 3. The molecule has 5 nitrogen and oxygen atoms in total. The molecule has 0 bridgehead atoms. The number of hydrogen-bond donors (Lipinski definition) is 0. The largest absolute Gasteiger partial charge is 0.278 e. The molecule has 7 heteroatoms. The second-order valence-electron chi connectivity index (χ2n) is 5.65. The SMILES string of the molecule is Cn1cc(C[C@H]2CC(=O)N(Cc3c(F)cccc3Cl)C2=O)cn1. The van der Waals surface area contributed by atoms with E-state index >= 15 is 0 Å². The van der Waals surface area contributed by atoms with E-state index < -0.39 is 11.7 Å². The van der Waals surface area contributed by atoms with Crippen LogP contribution >= 0.6 is 11.6 Å². The molecular weight excluding hydrogens is 321 g/mol. The summed E-state index contributed by atoms with van der Waals surface area (Å²) in [5.41, 5.74) is 1.06. The number of carbonyl (C=O) groups is 2. The standard InChI is InChI=1S/C16H15ClFN3O2/c1-20-8-10(7-19-20)5-11-6-15(22)21(16(11)23)9-12-13(17)3-2-4-14(12)18/h2-4,7-8,11H,5-6,9H2,1H3/t11-/m0/s1. The van der Waals surface area contributed by atoms with Crippen LogP contribution in [0.25, 0.3) is 0 Å². The van der Waals surface area contributed by atoms with Gasteiger partial charge in [0.2, 0.25) is 11.8 Å². The number of benzene rings is 1. The molecule has 1 aliphatic heterocycles. The van der Waals surface area contributed by atoms with Crippen molar-refractivity contribution in [3.05, 3.63) is 52.6 Å². The molecule has 120 valence electrons. The van der Waals surface area contributed by atoms with E-state index in [2.05, 4.69) is 5.10 Å². The second-order valence-corrected chi connectivity index (χ2v) is 6.05. The fraction of sp³-hybridized carbons (Fsp3) is 0.312. The first-order chi connectivity index (χ1) is 11.0. The highest BCUT2D eigenvalue weighted by molar-refractivity contribution is 6.31. The van der Waals surface area contributed by atoms with Crippen molar-refractivity contribution in [2.75, 3.05) is 0 Å². The molecule has 0 spiro atoms. The van der Waals surface area contributed by atoms with Gasteiger partial charge in [0.15, 0.2) is 0 Å². The lowest BCUT2D eigenvalue weighted by molar-refractivity contribution is -0.140. The van der Waals surface area contributed by atoms with Gasteiger partial charge in [-0.05, 0) is 24.1 Å². The van der Waals surface area contributed by atoms with Crippen molar-refractivity contribution in [1.82, 2.24) is 14.7 Å². The van der Waals surface area contributed by atoms with Gasteiger partial charge in [0, 0.05) is 30.3 Å². The molecule has 0 saturated carbocycles. The zero-order chi connectivity index (χ0) is 16.6. The van der Waals surface area contributed by atoms with Gasteiger partial charge in [-0.15, -0.1) is 0 Å². The first-order valence-electron chi connectivity index (χ1n) is 7.20. The predicted molar refractivity (Wildman–Crippen MR) is 82.0 cm³/mol. The molecule has 0 unspecified atom stereocenters. The smallest absolute Gasteiger partial charge is 0.233 e. The molecule has 23 heavy (non-hydrogen) atoms. The van der Waals surface area contributed by atoms with E-state index in [1.807, 2.05) is 6.20 Å². The number of likely N-dealkylation sites (tertiary alicyclic amines) is 1. The van der Waals surface area contributed by atoms with Crippen molar-refractivity contribution in [3.63, 3.8) is 0 Å². The van der Waals surface area contributed by atoms with Crippen molar-refractivity contribution in [3.8, 4) is 0 Å². The van der Waals surface area contributed by atoms with Crippen LogP contribution in [0.1, 0.15) is 17.5 Å². The lowest BCUT2D eigenvalue weighted by Gasteiger charge is -2.16. The van der Waals surface area contributed by atoms with E-state index in [-0.39, 0.29) is 35.4 Å². The summed E-state index contributed by atoms with van der Waals surface area (Å²) in [6, 6.07) is 4.29. The summed E-state index contributed by atoms with van der Waals surface area (Å²) in [6.07, 6.45) is 4.06. The monoisotopic (exact) mass is 335 g/mol. The van der Waals surface area contributed by atoms with E-state index in [9.17, 15) is 14.0 Å². The van der Waals surface area contributed by atoms with Gasteiger partial charge in [-0.25, -0.2) is 4.39 Å². The van der Waals surface area contributed by atoms with Gasteiger partial charge in [0.05, 0.1) is 18.7 Å². The molecule has 0 radical (unpaired) electrons. The van der Waals surface area contributed by atoms with Gasteiger partial charge < -0.3 is 0 Å². The number of amides is 2. The summed E-state index contributed by atoms with van der Waals surface area (Å²) in [6.45, 7) is -0.132. The Balaban J connectivity index is 1.76. The van der Waals surface area contributed by atoms with Crippen LogP contribution < -0.4 is 0 Å². The van der Waals surface area contributed by atoms with Gasteiger partial charge in [-0.2, -0.15) is 5.10 Å². The minimum Gasteiger partial charge on any atom is -0.278 e. The highest BCUT2D eigenvalue weighted by atomic mass is 35.5. The molecule has 1 atom stereocenters. The van der Waals surface area contributed by atoms with Crippen LogP contribution in [0.15, 0.2) is 30.6 Å². The van der Waals surface area contributed by atoms with Crippen LogP contribution in [0.5, 0.6) is 0 Å². The van der Waals surface area contributed by atoms with Crippen LogP contribution in [0.3, 0.4) is 0 Å². The Kier molecular flexibility index (Phi) is 4.17. The normalized spacial score (nSPS) is 18.0. The number of halogens is 2. The Morgan fingerprint density at radius 3 is 2.83 bits per heavy atom. The summed E-state index contributed by atoms with van der Waals surface area (Å²) < 4.78 is 15.5. The van der Waals surface area contributed by atoms with Crippen LogP contribution in [-0.2, 0) is 29.6 Å². The number of nitrogens with zero attached hydrogens (tertiary/aromatic N) is 3. The quantitative estimate of drug-likeness (QED) is 0.806. The Morgan fingerprint density at radius 1 is 1.39 bits per heavy atom. The number of aromatic nitrogens is 2. The summed E-state index contributed by atoms with van der Waals surface area (Å²) in [4.78, 5) is 25.7. The van der Waals surface area contributed by atoms with Crippen LogP contribution in [0.4, 0.5) is 4.39 Å². The zero-order valence-electron chi connectivity index (χ0n) is 12.5. The maximum Gasteiger partial charge on any atom is 0.233 e. The van der Waals surface area contributed by atoms with Gasteiger partial charge >= 0.3 is 0 Å². The fourth-order valence-corrected chi connectivity index (χ4v) is 3.00. The summed E-state index contributed by atoms with van der Waals surface area (Å²) in [5, 5.41) is 4.26. The van der Waals surface area contributed by atoms with Crippen LogP contribution in [0, 0.1) is 11.7 Å². The summed E-state index contributed by atoms with van der Waals surface area (Å²) >= 11 is 5.97. The van der Waals surface area contributed by atoms with Gasteiger partial charge in [-0.3, -0.25) is 19.2 Å². The molecule has 1 aliphatic rings. The van der Waals surface area contributed by atoms with Crippen molar-refractivity contribution in [2.24, 2.45) is 13.0 Å². The van der Waals surface area contributed by atoms with Crippen molar-refractivity contribution in [1.29, 1.82) is 0 Å².